The van der Waals surface area contributed by atoms with Crippen LogP contribution in [-0.4, -0.2) is 21.5 Å². The van der Waals surface area contributed by atoms with Gasteiger partial charge in [0, 0.05) is 31.9 Å². The summed E-state index contributed by atoms with van der Waals surface area (Å²) in [6.45, 7) is 1.86. The monoisotopic (exact) mass is 376 g/mol. The number of nitrogens with one attached hydrogen (secondary N) is 1. The largest absolute Gasteiger partial charge is 0.342 e. The van der Waals surface area contributed by atoms with Crippen LogP contribution < -0.4 is 11.1 Å². The van der Waals surface area contributed by atoms with Crippen LogP contribution in [0.2, 0.25) is 0 Å². The molecule has 1 amide bonds. The quantitative estimate of drug-likeness (QED) is 0.813. The average Bonchev–Trinajstić information content (AvgIpc) is 2.88. The topological polar surface area (TPSA) is 72.9 Å². The molecule has 3 N–H and O–H groups in total. The molecule has 0 aliphatic heterocycles. The highest BCUT2D eigenvalue weighted by Gasteiger charge is 2.21. The first kappa shape index (κ1) is 22.4. The van der Waals surface area contributed by atoms with Gasteiger partial charge in [-0.25, -0.2) is 9.37 Å². The lowest BCUT2D eigenvalue weighted by Crippen LogP contribution is -2.32. The van der Waals surface area contributed by atoms with Gasteiger partial charge in [-0.2, -0.15) is 0 Å². The zero-order valence-electron chi connectivity index (χ0n) is 13.6. The van der Waals surface area contributed by atoms with E-state index >= 15 is 0 Å². The fourth-order valence-corrected chi connectivity index (χ4v) is 2.23. The molecule has 134 valence electrons. The van der Waals surface area contributed by atoms with Gasteiger partial charge in [0.2, 0.25) is 5.91 Å². The number of aryl methyl sites for hydroxylation is 1. The van der Waals surface area contributed by atoms with Crippen molar-refractivity contribution in [2.75, 3.05) is 0 Å². The number of aromatic nitrogens is 2. The Hall–Kier alpha value is -1.63. The van der Waals surface area contributed by atoms with E-state index in [0.717, 1.165) is 0 Å². The van der Waals surface area contributed by atoms with Crippen LogP contribution >= 0.6 is 24.8 Å². The number of carbonyl (C=O) groups is 1. The number of nitrogens with two attached hydrogens (primary N) is 1. The van der Waals surface area contributed by atoms with Gasteiger partial charge in [0.15, 0.2) is 0 Å². The Morgan fingerprint density at radius 3 is 2.67 bits per heavy atom. The second-order valence-corrected chi connectivity index (χ2v) is 5.47. The summed E-state index contributed by atoms with van der Waals surface area (Å²) in [4.78, 5) is 16.4. The van der Waals surface area contributed by atoms with Crippen LogP contribution in [0.15, 0.2) is 36.7 Å². The van der Waals surface area contributed by atoms with Crippen LogP contribution in [0.4, 0.5) is 4.39 Å². The molecule has 1 aromatic carbocycles. The first-order valence-electron chi connectivity index (χ1n) is 7.25. The molecular formula is C16H23Cl2FN4O. The number of hydrogen-bond acceptors (Lipinski definition) is 3. The molecule has 1 heterocycles. The van der Waals surface area contributed by atoms with E-state index in [1.165, 1.54) is 12.1 Å². The summed E-state index contributed by atoms with van der Waals surface area (Å²) in [6, 6.07) is 5.65. The molecular weight excluding hydrogens is 354 g/mol. The summed E-state index contributed by atoms with van der Waals surface area (Å²) in [6.07, 6.45) is 4.36. The Morgan fingerprint density at radius 1 is 1.42 bits per heavy atom. The summed E-state index contributed by atoms with van der Waals surface area (Å²) in [5.74, 6) is 0.177. The number of nitrogens with zero attached hydrogens (tertiary/aromatic N) is 2. The van der Waals surface area contributed by atoms with E-state index in [2.05, 4.69) is 10.3 Å². The molecule has 0 aliphatic carbocycles. The van der Waals surface area contributed by atoms with E-state index in [1.54, 1.807) is 29.1 Å². The number of hydrogen-bond donors (Lipinski definition) is 2. The molecule has 0 spiro atoms. The van der Waals surface area contributed by atoms with E-state index in [9.17, 15) is 9.18 Å². The minimum absolute atomic E-state index is 0. The summed E-state index contributed by atoms with van der Waals surface area (Å²) >= 11 is 0. The second-order valence-electron chi connectivity index (χ2n) is 5.47. The SMILES string of the molecule is CC(N)CCC(=O)NC(c1cccc(F)c1)c1nccn1C.Cl.Cl. The van der Waals surface area contributed by atoms with Crippen molar-refractivity contribution in [2.45, 2.75) is 31.8 Å². The predicted molar refractivity (Wildman–Crippen MR) is 97.0 cm³/mol. The highest BCUT2D eigenvalue weighted by Crippen LogP contribution is 2.21. The normalized spacial score (nSPS) is 12.5. The van der Waals surface area contributed by atoms with Crippen molar-refractivity contribution in [3.8, 4) is 0 Å². The van der Waals surface area contributed by atoms with Crippen molar-refractivity contribution in [2.24, 2.45) is 12.8 Å². The molecule has 2 rings (SSSR count). The van der Waals surface area contributed by atoms with Crippen molar-refractivity contribution in [1.82, 2.24) is 14.9 Å². The second kappa shape index (κ2) is 10.3. The summed E-state index contributed by atoms with van der Waals surface area (Å²) < 4.78 is 15.3. The maximum absolute atomic E-state index is 13.5. The summed E-state index contributed by atoms with van der Waals surface area (Å²) in [7, 11) is 1.84. The molecule has 0 saturated carbocycles. The molecule has 0 bridgehead atoms. The van der Waals surface area contributed by atoms with Crippen LogP contribution in [0, 0.1) is 5.82 Å². The van der Waals surface area contributed by atoms with Gasteiger partial charge >= 0.3 is 0 Å². The minimum atomic E-state index is -0.490. The molecule has 2 aromatic rings. The zero-order chi connectivity index (χ0) is 16.1. The fourth-order valence-electron chi connectivity index (χ4n) is 2.23. The Morgan fingerprint density at radius 2 is 2.12 bits per heavy atom. The van der Waals surface area contributed by atoms with E-state index < -0.39 is 6.04 Å². The standard InChI is InChI=1S/C16H21FN4O.2ClH/c1-11(18)6-7-14(22)20-15(16-19-8-9-21(16)2)12-4-3-5-13(17)10-12;;/h3-5,8-11,15H,6-7,18H2,1-2H3,(H,20,22);2*1H. The Bertz CT molecular complexity index is 649. The van der Waals surface area contributed by atoms with Crippen LogP contribution in [0.25, 0.3) is 0 Å². The lowest BCUT2D eigenvalue weighted by Gasteiger charge is -2.19. The summed E-state index contributed by atoms with van der Waals surface area (Å²) in [5, 5.41) is 2.91. The van der Waals surface area contributed by atoms with Crippen LogP contribution in [0.3, 0.4) is 0 Å². The third-order valence-corrected chi connectivity index (χ3v) is 3.43. The van der Waals surface area contributed by atoms with Crippen molar-refractivity contribution in [1.29, 1.82) is 0 Å². The fraction of sp³-hybridized carbons (Fsp3) is 0.375. The van der Waals surface area contributed by atoms with Crippen molar-refractivity contribution in [3.63, 3.8) is 0 Å². The lowest BCUT2D eigenvalue weighted by atomic mass is 10.1. The van der Waals surface area contributed by atoms with Crippen LogP contribution in [0.1, 0.15) is 37.2 Å². The molecule has 24 heavy (non-hydrogen) atoms. The number of amides is 1. The maximum atomic E-state index is 13.5. The van der Waals surface area contributed by atoms with Gasteiger partial charge < -0.3 is 15.6 Å². The van der Waals surface area contributed by atoms with Gasteiger partial charge in [0.1, 0.15) is 17.7 Å². The third-order valence-electron chi connectivity index (χ3n) is 3.43. The molecule has 2 unspecified atom stereocenters. The van der Waals surface area contributed by atoms with Gasteiger partial charge in [0.05, 0.1) is 0 Å². The molecule has 0 saturated heterocycles. The van der Waals surface area contributed by atoms with Crippen LogP contribution in [0.5, 0.6) is 0 Å². The van der Waals surface area contributed by atoms with E-state index in [1.807, 2.05) is 14.0 Å². The van der Waals surface area contributed by atoms with E-state index in [0.29, 0.717) is 24.2 Å². The maximum Gasteiger partial charge on any atom is 0.220 e. The van der Waals surface area contributed by atoms with Crippen molar-refractivity contribution < 1.29 is 9.18 Å². The molecule has 8 heteroatoms. The Labute approximate surface area is 153 Å². The van der Waals surface area contributed by atoms with Crippen molar-refractivity contribution in [3.05, 3.63) is 53.9 Å². The lowest BCUT2D eigenvalue weighted by molar-refractivity contribution is -0.121. The van der Waals surface area contributed by atoms with Gasteiger partial charge in [-0.3, -0.25) is 4.79 Å². The first-order chi connectivity index (χ1) is 10.5. The number of imidazole rings is 1. The summed E-state index contributed by atoms with van der Waals surface area (Å²) in [5.41, 5.74) is 6.33. The van der Waals surface area contributed by atoms with Gasteiger partial charge in [-0.05, 0) is 31.0 Å². The highest BCUT2D eigenvalue weighted by molar-refractivity contribution is 5.85. The van der Waals surface area contributed by atoms with E-state index in [4.69, 9.17) is 5.73 Å². The highest BCUT2D eigenvalue weighted by atomic mass is 35.5. The first-order valence-corrected chi connectivity index (χ1v) is 7.25. The van der Waals surface area contributed by atoms with E-state index in [-0.39, 0.29) is 42.6 Å². The number of rotatable bonds is 6. The zero-order valence-corrected chi connectivity index (χ0v) is 15.2. The van der Waals surface area contributed by atoms with Crippen molar-refractivity contribution >= 4 is 30.7 Å². The number of benzene rings is 1. The van der Waals surface area contributed by atoms with Gasteiger partial charge in [0.25, 0.3) is 0 Å². The number of carbonyl (C=O) groups excluding carboxylic acids is 1. The molecule has 2 atom stereocenters. The molecule has 0 radical (unpaired) electrons. The minimum Gasteiger partial charge on any atom is -0.342 e. The predicted octanol–water partition coefficient (Wildman–Crippen LogP) is 2.74. The molecule has 0 fully saturated rings. The van der Waals surface area contributed by atoms with Gasteiger partial charge in [-0.15, -0.1) is 24.8 Å². The van der Waals surface area contributed by atoms with Gasteiger partial charge in [-0.1, -0.05) is 12.1 Å². The Balaban J connectivity index is 0.00000264. The molecule has 0 aliphatic rings. The molecule has 1 aromatic heterocycles. The smallest absolute Gasteiger partial charge is 0.220 e. The average molecular weight is 377 g/mol. The molecule has 5 nitrogen and oxygen atoms in total. The third kappa shape index (κ3) is 6.11. The van der Waals surface area contributed by atoms with Crippen LogP contribution in [-0.2, 0) is 11.8 Å². The Kier molecular flexibility index (Phi) is 9.58. The number of halogens is 3.